The minimum atomic E-state index is 0.634. The van der Waals surface area contributed by atoms with Gasteiger partial charge >= 0.3 is 0 Å². The molecule has 0 spiro atoms. The standard InChI is InChI=1S/C8H13N3/c9-5-7-6-10-11-4-2-1-3-8(7)11/h6H,1-5,9H2. The number of nitrogens with zero attached hydrogens (tertiary/aromatic N) is 2. The van der Waals surface area contributed by atoms with E-state index in [2.05, 4.69) is 9.78 Å². The van der Waals surface area contributed by atoms with Crippen LogP contribution < -0.4 is 5.73 Å². The number of fused-ring (bicyclic) bond motifs is 1. The molecule has 0 atom stereocenters. The summed E-state index contributed by atoms with van der Waals surface area (Å²) in [6, 6.07) is 0. The lowest BCUT2D eigenvalue weighted by molar-refractivity contribution is 0.484. The minimum Gasteiger partial charge on any atom is -0.326 e. The van der Waals surface area contributed by atoms with Crippen LogP contribution in [0.3, 0.4) is 0 Å². The summed E-state index contributed by atoms with van der Waals surface area (Å²) in [4.78, 5) is 0. The maximum atomic E-state index is 5.57. The van der Waals surface area contributed by atoms with E-state index >= 15 is 0 Å². The molecule has 0 saturated heterocycles. The molecule has 1 aliphatic rings. The van der Waals surface area contributed by atoms with Crippen molar-refractivity contribution in [1.82, 2.24) is 9.78 Å². The Bertz CT molecular complexity index is 238. The van der Waals surface area contributed by atoms with Crippen molar-refractivity contribution in [2.45, 2.75) is 32.4 Å². The van der Waals surface area contributed by atoms with E-state index in [0.717, 1.165) is 13.0 Å². The topological polar surface area (TPSA) is 43.8 Å². The molecule has 0 aromatic carbocycles. The monoisotopic (exact) mass is 151 g/mol. The normalized spacial score (nSPS) is 16.5. The summed E-state index contributed by atoms with van der Waals surface area (Å²) in [6.07, 6.45) is 5.62. The molecule has 0 aliphatic carbocycles. The molecule has 0 amide bonds. The zero-order valence-electron chi connectivity index (χ0n) is 6.58. The quantitative estimate of drug-likeness (QED) is 0.641. The third kappa shape index (κ3) is 1.05. The summed E-state index contributed by atoms with van der Waals surface area (Å²) in [5, 5.41) is 4.26. The largest absolute Gasteiger partial charge is 0.326 e. The van der Waals surface area contributed by atoms with Crippen LogP contribution in [-0.4, -0.2) is 9.78 Å². The highest BCUT2D eigenvalue weighted by atomic mass is 15.3. The van der Waals surface area contributed by atoms with Crippen molar-refractivity contribution in [3.63, 3.8) is 0 Å². The Morgan fingerprint density at radius 1 is 1.55 bits per heavy atom. The first-order chi connectivity index (χ1) is 5.42. The fraction of sp³-hybridized carbons (Fsp3) is 0.625. The molecule has 60 valence electrons. The second-order valence-corrected chi connectivity index (χ2v) is 3.00. The molecule has 2 N–H and O–H groups in total. The van der Waals surface area contributed by atoms with Crippen molar-refractivity contribution in [3.8, 4) is 0 Å². The third-order valence-corrected chi connectivity index (χ3v) is 2.29. The Morgan fingerprint density at radius 2 is 2.45 bits per heavy atom. The second-order valence-electron chi connectivity index (χ2n) is 3.00. The molecule has 0 bridgehead atoms. The van der Waals surface area contributed by atoms with E-state index in [1.165, 1.54) is 24.1 Å². The van der Waals surface area contributed by atoms with Gasteiger partial charge in [0.25, 0.3) is 0 Å². The molecule has 0 radical (unpaired) electrons. The number of nitrogens with two attached hydrogens (primary N) is 1. The Hall–Kier alpha value is -0.830. The van der Waals surface area contributed by atoms with E-state index in [1.807, 2.05) is 6.20 Å². The van der Waals surface area contributed by atoms with Gasteiger partial charge in [-0.3, -0.25) is 4.68 Å². The van der Waals surface area contributed by atoms with E-state index in [-0.39, 0.29) is 0 Å². The smallest absolute Gasteiger partial charge is 0.0537 e. The summed E-state index contributed by atoms with van der Waals surface area (Å²) in [5.41, 5.74) is 8.15. The predicted molar refractivity (Wildman–Crippen MR) is 43.1 cm³/mol. The second kappa shape index (κ2) is 2.66. The third-order valence-electron chi connectivity index (χ3n) is 2.29. The summed E-state index contributed by atoms with van der Waals surface area (Å²) < 4.78 is 2.09. The summed E-state index contributed by atoms with van der Waals surface area (Å²) in [5.74, 6) is 0. The number of hydrogen-bond donors (Lipinski definition) is 1. The van der Waals surface area contributed by atoms with Crippen molar-refractivity contribution >= 4 is 0 Å². The molecule has 1 aromatic rings. The molecular weight excluding hydrogens is 138 g/mol. The Balaban J connectivity index is 2.38. The van der Waals surface area contributed by atoms with Crippen LogP contribution in [0.1, 0.15) is 24.1 Å². The van der Waals surface area contributed by atoms with Crippen LogP contribution in [0.15, 0.2) is 6.20 Å². The molecule has 1 aliphatic heterocycles. The van der Waals surface area contributed by atoms with Crippen LogP contribution in [0.4, 0.5) is 0 Å². The van der Waals surface area contributed by atoms with Crippen molar-refractivity contribution in [2.75, 3.05) is 0 Å². The van der Waals surface area contributed by atoms with E-state index in [0.29, 0.717) is 6.54 Å². The minimum absolute atomic E-state index is 0.634. The fourth-order valence-corrected chi connectivity index (χ4v) is 1.66. The average Bonchev–Trinajstić information content (AvgIpc) is 2.47. The molecule has 0 fully saturated rings. The first-order valence-corrected chi connectivity index (χ1v) is 4.15. The molecule has 3 heteroatoms. The maximum Gasteiger partial charge on any atom is 0.0537 e. The summed E-state index contributed by atoms with van der Waals surface area (Å²) in [6.45, 7) is 1.71. The van der Waals surface area contributed by atoms with Gasteiger partial charge in [0.15, 0.2) is 0 Å². The number of hydrogen-bond acceptors (Lipinski definition) is 2. The lowest BCUT2D eigenvalue weighted by atomic mass is 10.1. The molecule has 0 unspecified atom stereocenters. The van der Waals surface area contributed by atoms with Gasteiger partial charge in [-0.15, -0.1) is 0 Å². The van der Waals surface area contributed by atoms with Crippen molar-refractivity contribution < 1.29 is 0 Å². The van der Waals surface area contributed by atoms with E-state index < -0.39 is 0 Å². The lowest BCUT2D eigenvalue weighted by Gasteiger charge is -2.13. The number of rotatable bonds is 1. The van der Waals surface area contributed by atoms with Gasteiger partial charge in [-0.2, -0.15) is 5.10 Å². The Kier molecular flexibility index (Phi) is 1.66. The van der Waals surface area contributed by atoms with Gasteiger partial charge in [0, 0.05) is 24.3 Å². The van der Waals surface area contributed by atoms with Crippen LogP contribution in [0.25, 0.3) is 0 Å². The van der Waals surface area contributed by atoms with Crippen molar-refractivity contribution in [2.24, 2.45) is 5.73 Å². The van der Waals surface area contributed by atoms with Crippen LogP contribution in [0, 0.1) is 0 Å². The zero-order valence-corrected chi connectivity index (χ0v) is 6.58. The first kappa shape index (κ1) is 6.85. The van der Waals surface area contributed by atoms with Crippen LogP contribution in [0.5, 0.6) is 0 Å². The van der Waals surface area contributed by atoms with E-state index in [4.69, 9.17) is 5.73 Å². The zero-order chi connectivity index (χ0) is 7.68. The van der Waals surface area contributed by atoms with Gasteiger partial charge in [-0.05, 0) is 19.3 Å². The molecule has 1 aromatic heterocycles. The van der Waals surface area contributed by atoms with Crippen LogP contribution in [-0.2, 0) is 19.5 Å². The van der Waals surface area contributed by atoms with Gasteiger partial charge in [-0.1, -0.05) is 0 Å². The Labute approximate surface area is 66.2 Å². The fourth-order valence-electron chi connectivity index (χ4n) is 1.66. The predicted octanol–water partition coefficient (Wildman–Crippen LogP) is 0.678. The molecular formula is C8H13N3. The summed E-state index contributed by atoms with van der Waals surface area (Å²) in [7, 11) is 0. The molecule has 2 heterocycles. The highest BCUT2D eigenvalue weighted by Gasteiger charge is 2.12. The lowest BCUT2D eigenvalue weighted by Crippen LogP contribution is -2.12. The van der Waals surface area contributed by atoms with Gasteiger partial charge in [0.2, 0.25) is 0 Å². The summed E-state index contributed by atoms with van der Waals surface area (Å²) >= 11 is 0. The highest BCUT2D eigenvalue weighted by Crippen LogP contribution is 2.16. The maximum absolute atomic E-state index is 5.57. The van der Waals surface area contributed by atoms with Crippen LogP contribution >= 0.6 is 0 Å². The van der Waals surface area contributed by atoms with Gasteiger partial charge in [0.1, 0.15) is 0 Å². The van der Waals surface area contributed by atoms with Crippen LogP contribution in [0.2, 0.25) is 0 Å². The number of aromatic nitrogens is 2. The van der Waals surface area contributed by atoms with E-state index in [1.54, 1.807) is 0 Å². The molecule has 3 nitrogen and oxygen atoms in total. The first-order valence-electron chi connectivity index (χ1n) is 4.15. The molecule has 11 heavy (non-hydrogen) atoms. The molecule has 2 rings (SSSR count). The number of aryl methyl sites for hydroxylation is 1. The van der Waals surface area contributed by atoms with E-state index in [9.17, 15) is 0 Å². The van der Waals surface area contributed by atoms with Crippen molar-refractivity contribution in [3.05, 3.63) is 17.5 Å². The average molecular weight is 151 g/mol. The SMILES string of the molecule is NCc1cnn2c1CCCC2. The van der Waals surface area contributed by atoms with Gasteiger partial charge in [0.05, 0.1) is 6.20 Å². The highest BCUT2D eigenvalue weighted by molar-refractivity contribution is 5.18. The molecule has 0 saturated carbocycles. The van der Waals surface area contributed by atoms with Gasteiger partial charge < -0.3 is 5.73 Å². The van der Waals surface area contributed by atoms with Gasteiger partial charge in [-0.25, -0.2) is 0 Å². The van der Waals surface area contributed by atoms with Crippen molar-refractivity contribution in [1.29, 1.82) is 0 Å². The Morgan fingerprint density at radius 3 is 3.27 bits per heavy atom.